The van der Waals surface area contributed by atoms with Crippen molar-refractivity contribution in [3.63, 3.8) is 0 Å². The molecule has 9 heteroatoms. The van der Waals surface area contributed by atoms with Crippen LogP contribution in [0.4, 0.5) is 18.3 Å². The van der Waals surface area contributed by atoms with Crippen molar-refractivity contribution in [1.29, 1.82) is 0 Å². The van der Waals surface area contributed by atoms with E-state index in [4.69, 9.17) is 0 Å². The summed E-state index contributed by atoms with van der Waals surface area (Å²) < 4.78 is 43.4. The number of anilines is 1. The molecule has 2 aromatic rings. The van der Waals surface area contributed by atoms with Crippen LogP contribution in [0.1, 0.15) is 32.6 Å². The molecule has 0 aliphatic carbocycles. The van der Waals surface area contributed by atoms with E-state index in [1.165, 1.54) is 19.1 Å². The van der Waals surface area contributed by atoms with Crippen molar-refractivity contribution in [2.75, 3.05) is 11.9 Å². The molecule has 0 saturated heterocycles. The van der Waals surface area contributed by atoms with E-state index >= 15 is 0 Å². The Kier molecular flexibility index (Phi) is 4.99. The molecule has 122 valence electrons. The smallest absolute Gasteiger partial charge is 0.435 e. The molecule has 1 aromatic carbocycles. The van der Waals surface area contributed by atoms with Gasteiger partial charge in [-0.05, 0) is 19.1 Å². The Morgan fingerprint density at radius 3 is 2.48 bits per heavy atom. The van der Waals surface area contributed by atoms with Gasteiger partial charge in [0, 0.05) is 5.56 Å². The molecule has 0 fully saturated rings. The Bertz CT molecular complexity index is 714. The number of hydrogen-bond acceptors (Lipinski definition) is 5. The van der Waals surface area contributed by atoms with Gasteiger partial charge in [-0.2, -0.15) is 13.2 Å². The maximum atomic E-state index is 12.9. The lowest BCUT2D eigenvalue weighted by Crippen LogP contribution is -2.14. The predicted molar refractivity (Wildman–Crippen MR) is 77.5 cm³/mol. The van der Waals surface area contributed by atoms with Crippen molar-refractivity contribution in [2.45, 2.75) is 13.1 Å². The van der Waals surface area contributed by atoms with E-state index in [1.54, 1.807) is 18.2 Å². The Morgan fingerprint density at radius 1 is 1.26 bits per heavy atom. The molecule has 1 heterocycles. The Hall–Kier alpha value is -2.42. The second-order valence-electron chi connectivity index (χ2n) is 4.24. The van der Waals surface area contributed by atoms with Gasteiger partial charge in [0.1, 0.15) is 4.88 Å². The molecule has 1 amide bonds. The normalized spacial score (nSPS) is 11.1. The first-order valence-corrected chi connectivity index (χ1v) is 7.26. The minimum atomic E-state index is -4.83. The van der Waals surface area contributed by atoms with Crippen LogP contribution in [0.5, 0.6) is 0 Å². The second kappa shape index (κ2) is 6.78. The number of benzene rings is 1. The summed E-state index contributed by atoms with van der Waals surface area (Å²) in [4.78, 5) is 26.2. The van der Waals surface area contributed by atoms with Crippen LogP contribution in [0.2, 0.25) is 0 Å². The molecular weight excluding hydrogens is 333 g/mol. The number of alkyl halides is 3. The fraction of sp³-hybridized carbons (Fsp3) is 0.214. The number of halogens is 3. The molecule has 0 bridgehead atoms. The van der Waals surface area contributed by atoms with Gasteiger partial charge in [-0.15, -0.1) is 0 Å². The van der Waals surface area contributed by atoms with E-state index in [0.717, 1.165) is 0 Å². The SMILES string of the molecule is CCOC(=O)c1sc(NC(=O)c2ccccc2)nc1C(F)(F)F. The summed E-state index contributed by atoms with van der Waals surface area (Å²) in [6.07, 6.45) is -4.83. The lowest BCUT2D eigenvalue weighted by Gasteiger charge is -2.04. The third kappa shape index (κ3) is 4.07. The summed E-state index contributed by atoms with van der Waals surface area (Å²) in [5.74, 6) is -1.75. The van der Waals surface area contributed by atoms with Crippen LogP contribution in [-0.2, 0) is 10.9 Å². The summed E-state index contributed by atoms with van der Waals surface area (Å²) in [7, 11) is 0. The molecule has 23 heavy (non-hydrogen) atoms. The highest BCUT2D eigenvalue weighted by molar-refractivity contribution is 7.17. The molecule has 5 nitrogen and oxygen atoms in total. The zero-order chi connectivity index (χ0) is 17.0. The number of thiazole rings is 1. The molecule has 0 aliphatic heterocycles. The lowest BCUT2D eigenvalue weighted by molar-refractivity contribution is -0.141. The first-order valence-electron chi connectivity index (χ1n) is 6.44. The molecule has 1 N–H and O–H groups in total. The Balaban J connectivity index is 2.30. The van der Waals surface area contributed by atoms with Gasteiger partial charge in [-0.3, -0.25) is 10.1 Å². The van der Waals surface area contributed by atoms with E-state index in [-0.39, 0.29) is 17.3 Å². The number of amides is 1. The van der Waals surface area contributed by atoms with Crippen molar-refractivity contribution in [1.82, 2.24) is 4.98 Å². The number of carbonyl (C=O) groups is 2. The van der Waals surface area contributed by atoms with Crippen molar-refractivity contribution in [3.8, 4) is 0 Å². The second-order valence-corrected chi connectivity index (χ2v) is 5.23. The van der Waals surface area contributed by atoms with Crippen LogP contribution in [-0.4, -0.2) is 23.5 Å². The van der Waals surface area contributed by atoms with Gasteiger partial charge in [-0.1, -0.05) is 29.5 Å². The Morgan fingerprint density at radius 2 is 1.91 bits per heavy atom. The van der Waals surface area contributed by atoms with Crippen LogP contribution in [0, 0.1) is 0 Å². The molecule has 0 spiro atoms. The first kappa shape index (κ1) is 16.9. The quantitative estimate of drug-likeness (QED) is 0.861. The van der Waals surface area contributed by atoms with Gasteiger partial charge < -0.3 is 4.74 Å². The lowest BCUT2D eigenvalue weighted by atomic mass is 10.2. The standard InChI is InChI=1S/C14H11F3N2O3S/c1-2-22-12(21)9-10(14(15,16)17)18-13(23-9)19-11(20)8-6-4-3-5-7-8/h3-7H,2H2,1H3,(H,18,19,20). The van der Waals surface area contributed by atoms with Gasteiger partial charge in [-0.25, -0.2) is 9.78 Å². The molecule has 0 radical (unpaired) electrons. The number of aromatic nitrogens is 1. The highest BCUT2D eigenvalue weighted by Gasteiger charge is 2.40. The van der Waals surface area contributed by atoms with Crippen molar-refractivity contribution < 1.29 is 27.5 Å². The van der Waals surface area contributed by atoms with E-state index in [1.807, 2.05) is 0 Å². The minimum Gasteiger partial charge on any atom is -0.462 e. The summed E-state index contributed by atoms with van der Waals surface area (Å²) in [6.45, 7) is 1.41. The summed E-state index contributed by atoms with van der Waals surface area (Å²) in [5, 5.41) is 1.92. The van der Waals surface area contributed by atoms with Gasteiger partial charge in [0.15, 0.2) is 10.8 Å². The van der Waals surface area contributed by atoms with Gasteiger partial charge in [0.25, 0.3) is 5.91 Å². The number of rotatable bonds is 4. The average molecular weight is 344 g/mol. The van der Waals surface area contributed by atoms with Crippen LogP contribution in [0.25, 0.3) is 0 Å². The molecule has 0 aliphatic rings. The summed E-state index contributed by atoms with van der Waals surface area (Å²) in [6, 6.07) is 7.92. The molecule has 0 unspecified atom stereocenters. The number of carbonyl (C=O) groups excluding carboxylic acids is 2. The number of esters is 1. The fourth-order valence-corrected chi connectivity index (χ4v) is 2.53. The van der Waals surface area contributed by atoms with Crippen molar-refractivity contribution in [3.05, 3.63) is 46.5 Å². The van der Waals surface area contributed by atoms with E-state index in [0.29, 0.717) is 11.3 Å². The largest absolute Gasteiger partial charge is 0.462 e. The van der Waals surface area contributed by atoms with E-state index in [2.05, 4.69) is 15.0 Å². The third-order valence-electron chi connectivity index (χ3n) is 2.61. The van der Waals surface area contributed by atoms with Gasteiger partial charge in [0.2, 0.25) is 0 Å². The van der Waals surface area contributed by atoms with Crippen LogP contribution < -0.4 is 5.32 Å². The third-order valence-corrected chi connectivity index (χ3v) is 3.56. The predicted octanol–water partition coefficient (Wildman–Crippen LogP) is 3.59. The minimum absolute atomic E-state index is 0.0697. The molecule has 0 saturated carbocycles. The zero-order valence-corrected chi connectivity index (χ0v) is 12.6. The topological polar surface area (TPSA) is 68.3 Å². The first-order chi connectivity index (χ1) is 10.8. The van der Waals surface area contributed by atoms with Crippen LogP contribution in [0.15, 0.2) is 30.3 Å². The Labute approximate surface area is 133 Å². The highest BCUT2D eigenvalue weighted by atomic mass is 32.1. The summed E-state index contributed by atoms with van der Waals surface area (Å²) >= 11 is 0.420. The number of ether oxygens (including phenoxy) is 1. The van der Waals surface area contributed by atoms with Gasteiger partial charge >= 0.3 is 12.1 Å². The highest BCUT2D eigenvalue weighted by Crippen LogP contribution is 2.36. The number of nitrogens with zero attached hydrogens (tertiary/aromatic N) is 1. The maximum Gasteiger partial charge on any atom is 0.435 e. The van der Waals surface area contributed by atoms with E-state index in [9.17, 15) is 22.8 Å². The van der Waals surface area contributed by atoms with Crippen LogP contribution in [0.3, 0.4) is 0 Å². The molecular formula is C14H11F3N2O3S. The van der Waals surface area contributed by atoms with Gasteiger partial charge in [0.05, 0.1) is 6.61 Å². The molecule has 2 rings (SSSR count). The maximum absolute atomic E-state index is 12.9. The summed E-state index contributed by atoms with van der Waals surface area (Å²) in [5.41, 5.74) is -1.11. The molecule has 1 aromatic heterocycles. The number of hydrogen-bond donors (Lipinski definition) is 1. The monoisotopic (exact) mass is 344 g/mol. The van der Waals surface area contributed by atoms with Crippen molar-refractivity contribution >= 4 is 28.3 Å². The van der Waals surface area contributed by atoms with Crippen molar-refractivity contribution in [2.24, 2.45) is 0 Å². The zero-order valence-electron chi connectivity index (χ0n) is 11.8. The number of nitrogens with one attached hydrogen (secondary N) is 1. The molecule has 0 atom stereocenters. The van der Waals surface area contributed by atoms with Crippen LogP contribution >= 0.6 is 11.3 Å². The van der Waals surface area contributed by atoms with E-state index < -0.39 is 28.6 Å². The fourth-order valence-electron chi connectivity index (χ4n) is 1.66. The average Bonchev–Trinajstić information content (AvgIpc) is 2.92.